The van der Waals surface area contributed by atoms with E-state index < -0.39 is 0 Å². The number of imidazole rings is 1. The van der Waals surface area contributed by atoms with E-state index in [0.29, 0.717) is 12.5 Å². The van der Waals surface area contributed by atoms with E-state index in [-0.39, 0.29) is 0 Å². The topological polar surface area (TPSA) is 82.5 Å². The van der Waals surface area contributed by atoms with Crippen molar-refractivity contribution in [2.45, 2.75) is 20.4 Å². The minimum atomic E-state index is 0.444. The molecule has 96 valence electrons. The van der Waals surface area contributed by atoms with E-state index in [0.717, 1.165) is 28.1 Å². The van der Waals surface area contributed by atoms with Crippen molar-refractivity contribution in [2.24, 2.45) is 0 Å². The molecule has 0 saturated carbocycles. The quantitative estimate of drug-likeness (QED) is 0.748. The fraction of sp³-hybridized carbons (Fsp3) is 0.231. The van der Waals surface area contributed by atoms with Crippen LogP contribution in [0, 0.1) is 13.8 Å². The molecule has 0 fully saturated rings. The maximum absolute atomic E-state index is 5.96. The van der Waals surface area contributed by atoms with E-state index >= 15 is 0 Å². The number of rotatable bonds is 2. The molecule has 0 aliphatic rings. The summed E-state index contributed by atoms with van der Waals surface area (Å²) < 4.78 is 1.85. The average Bonchev–Trinajstić information content (AvgIpc) is 2.71. The highest BCUT2D eigenvalue weighted by Crippen LogP contribution is 2.19. The van der Waals surface area contributed by atoms with Crippen LogP contribution >= 0.6 is 0 Å². The van der Waals surface area contributed by atoms with Gasteiger partial charge in [0.05, 0.1) is 24.1 Å². The van der Waals surface area contributed by atoms with Gasteiger partial charge in [0.1, 0.15) is 5.52 Å². The van der Waals surface area contributed by atoms with E-state index in [2.05, 4.69) is 19.9 Å². The summed E-state index contributed by atoms with van der Waals surface area (Å²) in [7, 11) is 0. The van der Waals surface area contributed by atoms with Gasteiger partial charge in [0.15, 0.2) is 5.65 Å². The number of hydrogen-bond donors (Lipinski definition) is 1. The number of nitrogen functional groups attached to an aromatic ring is 1. The van der Waals surface area contributed by atoms with Gasteiger partial charge in [0, 0.05) is 12.4 Å². The fourth-order valence-corrected chi connectivity index (χ4v) is 1.97. The number of anilines is 1. The first kappa shape index (κ1) is 11.6. The van der Waals surface area contributed by atoms with Crippen molar-refractivity contribution in [3.05, 3.63) is 41.6 Å². The summed E-state index contributed by atoms with van der Waals surface area (Å²) in [4.78, 5) is 17.3. The maximum Gasteiger partial charge on any atom is 0.202 e. The molecule has 19 heavy (non-hydrogen) atoms. The smallest absolute Gasteiger partial charge is 0.202 e. The molecule has 0 saturated heterocycles. The molecule has 0 unspecified atom stereocenters. The number of fused-ring (bicyclic) bond motifs is 1. The molecular weight excluding hydrogens is 240 g/mol. The second-order valence-electron chi connectivity index (χ2n) is 4.51. The molecule has 2 N–H and O–H groups in total. The van der Waals surface area contributed by atoms with E-state index in [4.69, 9.17) is 5.73 Å². The Hall–Kier alpha value is -2.50. The number of aryl methyl sites for hydroxylation is 2. The summed E-state index contributed by atoms with van der Waals surface area (Å²) >= 11 is 0. The third kappa shape index (κ3) is 2.01. The molecule has 0 aromatic carbocycles. The number of hydrogen-bond acceptors (Lipinski definition) is 5. The second-order valence-corrected chi connectivity index (χ2v) is 4.51. The van der Waals surface area contributed by atoms with Crippen LogP contribution in [-0.2, 0) is 6.54 Å². The van der Waals surface area contributed by atoms with Crippen molar-refractivity contribution in [1.29, 1.82) is 0 Å². The summed E-state index contributed by atoms with van der Waals surface area (Å²) in [6.07, 6.45) is 5.25. The van der Waals surface area contributed by atoms with Gasteiger partial charge >= 0.3 is 0 Å². The highest BCUT2D eigenvalue weighted by Gasteiger charge is 2.11. The first-order valence-electron chi connectivity index (χ1n) is 6.00. The molecule has 6 heteroatoms. The highest BCUT2D eigenvalue weighted by molar-refractivity contribution is 5.77. The van der Waals surface area contributed by atoms with Crippen molar-refractivity contribution in [1.82, 2.24) is 24.5 Å². The molecular formula is C13H14N6. The van der Waals surface area contributed by atoms with Crippen molar-refractivity contribution in [2.75, 3.05) is 5.73 Å². The molecule has 0 spiro atoms. The van der Waals surface area contributed by atoms with E-state index in [1.807, 2.05) is 24.5 Å². The van der Waals surface area contributed by atoms with Gasteiger partial charge in [-0.1, -0.05) is 0 Å². The summed E-state index contributed by atoms with van der Waals surface area (Å²) in [5.74, 6) is 0.444. The second kappa shape index (κ2) is 4.31. The predicted octanol–water partition coefficient (Wildman–Crippen LogP) is 1.47. The van der Waals surface area contributed by atoms with Gasteiger partial charge in [0.2, 0.25) is 5.95 Å². The van der Waals surface area contributed by atoms with Gasteiger partial charge in [-0.15, -0.1) is 0 Å². The first-order valence-corrected chi connectivity index (χ1v) is 6.00. The Morgan fingerprint density at radius 2 is 2.00 bits per heavy atom. The monoisotopic (exact) mass is 254 g/mol. The van der Waals surface area contributed by atoms with Gasteiger partial charge in [-0.25, -0.2) is 9.97 Å². The molecule has 0 bridgehead atoms. The zero-order valence-corrected chi connectivity index (χ0v) is 10.8. The normalized spacial score (nSPS) is 11.1. The Labute approximate surface area is 110 Å². The lowest BCUT2D eigenvalue weighted by molar-refractivity contribution is 0.790. The van der Waals surface area contributed by atoms with Crippen molar-refractivity contribution in [3.8, 4) is 0 Å². The van der Waals surface area contributed by atoms with Crippen molar-refractivity contribution < 1.29 is 0 Å². The number of pyridine rings is 1. The standard InChI is InChI=1S/C13H14N6/c1-8-3-4-15-12-11(8)18-13(14)19(12)7-10-6-16-9(2)5-17-10/h3-6H,7H2,1-2H3,(H2,14,18). The summed E-state index contributed by atoms with van der Waals surface area (Å²) in [6.45, 7) is 4.42. The van der Waals surface area contributed by atoms with Crippen LogP contribution in [0.5, 0.6) is 0 Å². The Morgan fingerprint density at radius 3 is 2.74 bits per heavy atom. The molecule has 3 aromatic rings. The van der Waals surface area contributed by atoms with E-state index in [1.54, 1.807) is 18.6 Å². The molecule has 6 nitrogen and oxygen atoms in total. The Morgan fingerprint density at radius 1 is 1.16 bits per heavy atom. The first-order chi connectivity index (χ1) is 9.15. The van der Waals surface area contributed by atoms with Crippen LogP contribution in [0.25, 0.3) is 11.2 Å². The van der Waals surface area contributed by atoms with Gasteiger partial charge in [-0.05, 0) is 25.5 Å². The third-order valence-electron chi connectivity index (χ3n) is 3.02. The van der Waals surface area contributed by atoms with E-state index in [1.165, 1.54) is 0 Å². The molecule has 3 rings (SSSR count). The van der Waals surface area contributed by atoms with Crippen LogP contribution in [0.15, 0.2) is 24.7 Å². The van der Waals surface area contributed by atoms with Crippen LogP contribution in [0.3, 0.4) is 0 Å². The number of nitrogens with two attached hydrogens (primary N) is 1. The zero-order valence-electron chi connectivity index (χ0n) is 10.8. The molecule has 0 aliphatic carbocycles. The lowest BCUT2D eigenvalue weighted by Crippen LogP contribution is -2.07. The van der Waals surface area contributed by atoms with Crippen LogP contribution < -0.4 is 5.73 Å². The van der Waals surface area contributed by atoms with Crippen LogP contribution in [-0.4, -0.2) is 24.5 Å². The van der Waals surface area contributed by atoms with Gasteiger partial charge < -0.3 is 5.73 Å². The lowest BCUT2D eigenvalue weighted by atomic mass is 10.3. The van der Waals surface area contributed by atoms with Crippen LogP contribution in [0.2, 0.25) is 0 Å². The third-order valence-corrected chi connectivity index (χ3v) is 3.02. The number of aromatic nitrogens is 5. The maximum atomic E-state index is 5.96. The molecule has 0 radical (unpaired) electrons. The zero-order chi connectivity index (χ0) is 13.4. The summed E-state index contributed by atoms with van der Waals surface area (Å²) in [5, 5.41) is 0. The Balaban J connectivity index is 2.07. The molecule has 0 aliphatic heterocycles. The Bertz CT molecular complexity index is 729. The number of nitrogens with zero attached hydrogens (tertiary/aromatic N) is 5. The minimum absolute atomic E-state index is 0.444. The van der Waals surface area contributed by atoms with Gasteiger partial charge in [0.25, 0.3) is 0 Å². The molecule has 0 amide bonds. The van der Waals surface area contributed by atoms with Crippen LogP contribution in [0.4, 0.5) is 5.95 Å². The van der Waals surface area contributed by atoms with Gasteiger partial charge in [-0.2, -0.15) is 0 Å². The molecule has 0 atom stereocenters. The largest absolute Gasteiger partial charge is 0.369 e. The van der Waals surface area contributed by atoms with Gasteiger partial charge in [-0.3, -0.25) is 14.5 Å². The summed E-state index contributed by atoms with van der Waals surface area (Å²) in [6, 6.07) is 1.92. The SMILES string of the molecule is Cc1cnc(Cn2c(N)nc3c(C)ccnc32)cn1. The molecule has 3 heterocycles. The molecule has 3 aromatic heterocycles. The Kier molecular flexibility index (Phi) is 2.63. The fourth-order valence-electron chi connectivity index (χ4n) is 1.97. The van der Waals surface area contributed by atoms with Crippen molar-refractivity contribution in [3.63, 3.8) is 0 Å². The van der Waals surface area contributed by atoms with E-state index in [9.17, 15) is 0 Å². The lowest BCUT2D eigenvalue weighted by Gasteiger charge is -2.05. The average molecular weight is 254 g/mol. The van der Waals surface area contributed by atoms with Crippen LogP contribution in [0.1, 0.15) is 17.0 Å². The summed E-state index contributed by atoms with van der Waals surface area (Å²) in [5.41, 5.74) is 10.4. The minimum Gasteiger partial charge on any atom is -0.369 e. The highest BCUT2D eigenvalue weighted by atomic mass is 15.2. The van der Waals surface area contributed by atoms with Crippen molar-refractivity contribution >= 4 is 17.1 Å². The predicted molar refractivity (Wildman–Crippen MR) is 72.5 cm³/mol.